The minimum absolute atomic E-state index is 0.136. The van der Waals surface area contributed by atoms with Crippen molar-refractivity contribution in [1.82, 2.24) is 20.9 Å². The van der Waals surface area contributed by atoms with Gasteiger partial charge in [-0.2, -0.15) is 0 Å². The van der Waals surface area contributed by atoms with Crippen molar-refractivity contribution in [2.45, 2.75) is 13.0 Å². The number of aromatic nitrogens is 1. The van der Waals surface area contributed by atoms with Crippen LogP contribution in [0.15, 0.2) is 48.8 Å². The van der Waals surface area contributed by atoms with Crippen LogP contribution < -0.4 is 16.0 Å². The molecule has 0 atom stereocenters. The van der Waals surface area contributed by atoms with Gasteiger partial charge in [0.25, 0.3) is 5.91 Å². The third-order valence-electron chi connectivity index (χ3n) is 3.44. The highest BCUT2D eigenvalue weighted by atomic mass is 127. The van der Waals surface area contributed by atoms with Gasteiger partial charge in [-0.3, -0.25) is 19.4 Å². The Bertz CT molecular complexity index is 768. The SMILES string of the molecule is O=C(CCNC(=O)CNC(=O)c1ccccc1I)NCc1ccncc1. The van der Waals surface area contributed by atoms with Crippen molar-refractivity contribution in [2.75, 3.05) is 13.1 Å². The normalized spacial score (nSPS) is 10.0. The molecule has 1 aromatic carbocycles. The Hall–Kier alpha value is -2.49. The van der Waals surface area contributed by atoms with Crippen LogP contribution in [0.2, 0.25) is 0 Å². The second-order valence-corrected chi connectivity index (χ2v) is 6.56. The van der Waals surface area contributed by atoms with E-state index >= 15 is 0 Å². The summed E-state index contributed by atoms with van der Waals surface area (Å²) in [5.41, 5.74) is 1.48. The molecule has 0 unspecified atom stereocenters. The number of nitrogens with zero attached hydrogens (tertiary/aromatic N) is 1. The van der Waals surface area contributed by atoms with Crippen LogP contribution in [0.5, 0.6) is 0 Å². The highest BCUT2D eigenvalue weighted by Gasteiger charge is 2.10. The van der Waals surface area contributed by atoms with Gasteiger partial charge in [-0.25, -0.2) is 0 Å². The first-order valence-electron chi connectivity index (χ1n) is 8.01. The van der Waals surface area contributed by atoms with E-state index in [2.05, 4.69) is 43.5 Å². The smallest absolute Gasteiger partial charge is 0.252 e. The minimum atomic E-state index is -0.341. The van der Waals surface area contributed by atoms with Crippen molar-refractivity contribution in [2.24, 2.45) is 0 Å². The summed E-state index contributed by atoms with van der Waals surface area (Å²) < 4.78 is 0.814. The maximum Gasteiger partial charge on any atom is 0.252 e. The van der Waals surface area contributed by atoms with Crippen molar-refractivity contribution in [3.63, 3.8) is 0 Å². The molecule has 1 aromatic heterocycles. The zero-order chi connectivity index (χ0) is 18.8. The lowest BCUT2D eigenvalue weighted by Gasteiger charge is -2.08. The highest BCUT2D eigenvalue weighted by molar-refractivity contribution is 14.1. The highest BCUT2D eigenvalue weighted by Crippen LogP contribution is 2.10. The van der Waals surface area contributed by atoms with Crippen LogP contribution in [0.25, 0.3) is 0 Å². The molecule has 0 saturated carbocycles. The lowest BCUT2D eigenvalue weighted by molar-refractivity contribution is -0.122. The number of carbonyl (C=O) groups is 3. The molecule has 0 aliphatic rings. The molecule has 0 bridgehead atoms. The molecule has 8 heteroatoms. The Morgan fingerprint density at radius 3 is 2.38 bits per heavy atom. The zero-order valence-corrected chi connectivity index (χ0v) is 16.2. The molecule has 1 heterocycles. The molecule has 0 aliphatic heterocycles. The van der Waals surface area contributed by atoms with E-state index in [1.807, 2.05) is 24.3 Å². The van der Waals surface area contributed by atoms with Gasteiger partial charge in [0.2, 0.25) is 11.8 Å². The fraction of sp³-hybridized carbons (Fsp3) is 0.222. The van der Waals surface area contributed by atoms with Crippen LogP contribution >= 0.6 is 22.6 Å². The number of benzene rings is 1. The maximum atomic E-state index is 12.0. The predicted octanol–water partition coefficient (Wildman–Crippen LogP) is 1.24. The monoisotopic (exact) mass is 466 g/mol. The number of halogens is 1. The molecule has 0 fully saturated rings. The second kappa shape index (κ2) is 10.5. The lowest BCUT2D eigenvalue weighted by atomic mass is 10.2. The third-order valence-corrected chi connectivity index (χ3v) is 4.38. The Balaban J connectivity index is 1.62. The van der Waals surface area contributed by atoms with Gasteiger partial charge in [0.05, 0.1) is 12.1 Å². The number of rotatable bonds is 8. The summed E-state index contributed by atoms with van der Waals surface area (Å²) in [5.74, 6) is -0.809. The van der Waals surface area contributed by atoms with Crippen LogP contribution in [-0.4, -0.2) is 35.8 Å². The molecule has 7 nitrogen and oxygen atoms in total. The van der Waals surface area contributed by atoms with Crippen LogP contribution in [0.1, 0.15) is 22.3 Å². The van der Waals surface area contributed by atoms with Crippen molar-refractivity contribution in [1.29, 1.82) is 0 Å². The van der Waals surface area contributed by atoms with E-state index in [9.17, 15) is 14.4 Å². The minimum Gasteiger partial charge on any atom is -0.354 e. The quantitative estimate of drug-likeness (QED) is 0.510. The van der Waals surface area contributed by atoms with Crippen molar-refractivity contribution in [3.05, 3.63) is 63.5 Å². The number of amides is 3. The Labute approximate surface area is 165 Å². The van der Waals surface area contributed by atoms with E-state index in [1.54, 1.807) is 24.5 Å². The van der Waals surface area contributed by atoms with E-state index in [-0.39, 0.29) is 37.2 Å². The van der Waals surface area contributed by atoms with Crippen LogP contribution in [0.4, 0.5) is 0 Å². The van der Waals surface area contributed by atoms with Crippen LogP contribution in [0, 0.1) is 3.57 Å². The number of nitrogens with one attached hydrogen (secondary N) is 3. The fourth-order valence-corrected chi connectivity index (χ4v) is 2.70. The Morgan fingerprint density at radius 2 is 1.65 bits per heavy atom. The summed E-state index contributed by atoms with van der Waals surface area (Å²) in [5, 5.41) is 7.93. The van der Waals surface area contributed by atoms with Gasteiger partial charge < -0.3 is 16.0 Å². The van der Waals surface area contributed by atoms with Crippen molar-refractivity contribution in [3.8, 4) is 0 Å². The van der Waals surface area contributed by atoms with Gasteiger partial charge >= 0.3 is 0 Å². The predicted molar refractivity (Wildman–Crippen MR) is 105 cm³/mol. The number of hydrogen-bond donors (Lipinski definition) is 3. The molecule has 0 radical (unpaired) electrons. The van der Waals surface area contributed by atoms with Crippen LogP contribution in [0.3, 0.4) is 0 Å². The molecule has 136 valence electrons. The summed E-state index contributed by atoms with van der Waals surface area (Å²) in [6.45, 7) is 0.489. The first-order valence-corrected chi connectivity index (χ1v) is 9.09. The lowest BCUT2D eigenvalue weighted by Crippen LogP contribution is -2.38. The maximum absolute atomic E-state index is 12.0. The molecular weight excluding hydrogens is 447 g/mol. The van der Waals surface area contributed by atoms with E-state index in [1.165, 1.54) is 0 Å². The average molecular weight is 466 g/mol. The summed E-state index contributed by atoms with van der Waals surface area (Å²) in [4.78, 5) is 39.4. The number of pyridine rings is 1. The third kappa shape index (κ3) is 6.79. The molecule has 3 N–H and O–H groups in total. The van der Waals surface area contributed by atoms with Gasteiger partial charge in [0.1, 0.15) is 0 Å². The van der Waals surface area contributed by atoms with Gasteiger partial charge in [-0.05, 0) is 52.4 Å². The topological polar surface area (TPSA) is 100 Å². The average Bonchev–Trinajstić information content (AvgIpc) is 2.65. The molecule has 0 saturated heterocycles. The number of hydrogen-bond acceptors (Lipinski definition) is 4. The zero-order valence-electron chi connectivity index (χ0n) is 14.0. The summed E-state index contributed by atoms with van der Waals surface area (Å²) >= 11 is 2.07. The van der Waals surface area contributed by atoms with Crippen molar-refractivity contribution < 1.29 is 14.4 Å². The van der Waals surface area contributed by atoms with Gasteiger partial charge in [0, 0.05) is 35.5 Å². The fourth-order valence-electron chi connectivity index (χ4n) is 2.07. The molecule has 0 spiro atoms. The number of carbonyl (C=O) groups excluding carboxylic acids is 3. The molecule has 2 aromatic rings. The molecule has 3 amide bonds. The Kier molecular flexibility index (Phi) is 8.00. The summed E-state index contributed by atoms with van der Waals surface area (Å²) in [6, 6.07) is 10.8. The van der Waals surface area contributed by atoms with E-state index in [0.29, 0.717) is 12.1 Å². The van der Waals surface area contributed by atoms with E-state index in [4.69, 9.17) is 0 Å². The molecule has 26 heavy (non-hydrogen) atoms. The molecular formula is C18H19IN4O3. The first-order chi connectivity index (χ1) is 12.6. The van der Waals surface area contributed by atoms with Gasteiger partial charge in [0.15, 0.2) is 0 Å². The first kappa shape index (κ1) is 19.8. The van der Waals surface area contributed by atoms with E-state index in [0.717, 1.165) is 9.13 Å². The van der Waals surface area contributed by atoms with Gasteiger partial charge in [-0.15, -0.1) is 0 Å². The molecule has 0 aliphatic carbocycles. The summed E-state index contributed by atoms with van der Waals surface area (Å²) in [6.07, 6.45) is 3.49. The summed E-state index contributed by atoms with van der Waals surface area (Å²) in [7, 11) is 0. The standard InChI is InChI=1S/C18H19IN4O3/c19-15-4-2-1-3-14(15)18(26)23-12-17(25)21-10-7-16(24)22-11-13-5-8-20-9-6-13/h1-6,8-9H,7,10-12H2,(H,21,25)(H,22,24)(H,23,26). The Morgan fingerprint density at radius 1 is 0.923 bits per heavy atom. The molecule has 2 rings (SSSR count). The second-order valence-electron chi connectivity index (χ2n) is 5.39. The largest absolute Gasteiger partial charge is 0.354 e. The van der Waals surface area contributed by atoms with Crippen molar-refractivity contribution >= 4 is 40.3 Å². The van der Waals surface area contributed by atoms with Crippen LogP contribution in [-0.2, 0) is 16.1 Å². The van der Waals surface area contributed by atoms with Gasteiger partial charge in [-0.1, -0.05) is 12.1 Å². The van der Waals surface area contributed by atoms with E-state index < -0.39 is 0 Å².